The Morgan fingerprint density at radius 1 is 1.06 bits per heavy atom. The van der Waals surface area contributed by atoms with Crippen molar-refractivity contribution in [3.05, 3.63) is 36.0 Å². The fourth-order valence-corrected chi connectivity index (χ4v) is 5.67. The molecule has 1 saturated carbocycles. The predicted octanol–water partition coefficient (Wildman–Crippen LogP) is 4.03. The first kappa shape index (κ1) is 24.3. The van der Waals surface area contributed by atoms with Crippen molar-refractivity contribution in [3.63, 3.8) is 0 Å². The van der Waals surface area contributed by atoms with Crippen molar-refractivity contribution >= 4 is 28.7 Å². The second-order valence-corrected chi connectivity index (χ2v) is 9.94. The van der Waals surface area contributed by atoms with E-state index in [1.807, 2.05) is 12.1 Å². The lowest BCUT2D eigenvalue weighted by Gasteiger charge is -2.30. The van der Waals surface area contributed by atoms with Crippen LogP contribution < -0.4 is 10.6 Å². The molecule has 2 bridgehead atoms. The van der Waals surface area contributed by atoms with E-state index in [-0.39, 0.29) is 24.2 Å². The lowest BCUT2D eigenvalue weighted by atomic mass is 9.78. The zero-order chi connectivity index (χ0) is 23.9. The predicted molar refractivity (Wildman–Crippen MR) is 131 cm³/mol. The molecule has 34 heavy (non-hydrogen) atoms. The third-order valence-corrected chi connectivity index (χ3v) is 7.50. The number of nitrogens with zero attached hydrogens (tertiary/aromatic N) is 1. The highest BCUT2D eigenvalue weighted by molar-refractivity contribution is 5.91. The maximum atomic E-state index is 13.4. The summed E-state index contributed by atoms with van der Waals surface area (Å²) in [5, 5.41) is 16.6. The van der Waals surface area contributed by atoms with E-state index < -0.39 is 17.9 Å². The summed E-state index contributed by atoms with van der Waals surface area (Å²) in [5.41, 5.74) is 2.17. The number of benzene rings is 1. The molecule has 1 fully saturated rings. The van der Waals surface area contributed by atoms with Crippen LogP contribution in [-0.4, -0.2) is 40.0 Å². The molecule has 0 radical (unpaired) electrons. The van der Waals surface area contributed by atoms with Crippen LogP contribution in [0.5, 0.6) is 0 Å². The molecule has 1 aromatic carbocycles. The van der Waals surface area contributed by atoms with Gasteiger partial charge in [-0.2, -0.15) is 0 Å². The number of aliphatic carboxylic acids is 1. The van der Waals surface area contributed by atoms with Crippen molar-refractivity contribution in [1.29, 1.82) is 0 Å². The molecule has 2 atom stereocenters. The molecule has 7 nitrogen and oxygen atoms in total. The third kappa shape index (κ3) is 5.99. The van der Waals surface area contributed by atoms with Gasteiger partial charge >= 0.3 is 5.97 Å². The number of rotatable bonds is 5. The molecule has 184 valence electrons. The van der Waals surface area contributed by atoms with Gasteiger partial charge in [0.1, 0.15) is 6.04 Å². The van der Waals surface area contributed by atoms with Gasteiger partial charge in [0.15, 0.2) is 0 Å². The molecule has 2 aromatic rings. The summed E-state index contributed by atoms with van der Waals surface area (Å²) in [5.74, 6) is -2.00. The second-order valence-electron chi connectivity index (χ2n) is 9.94. The van der Waals surface area contributed by atoms with E-state index in [2.05, 4.69) is 33.5 Å². The number of fused-ring (bicyclic) bond motifs is 5. The Hall–Kier alpha value is -2.83. The number of carbonyl (C=O) groups is 3. The quantitative estimate of drug-likeness (QED) is 0.618. The van der Waals surface area contributed by atoms with Crippen LogP contribution in [0, 0.1) is 11.8 Å². The third-order valence-electron chi connectivity index (χ3n) is 7.50. The van der Waals surface area contributed by atoms with Crippen molar-refractivity contribution in [2.75, 3.05) is 6.54 Å². The standard InChI is InChI=1S/C27H37N3O4/c31-25(32)17-22(19-10-4-3-5-11-19)26(33)29-23-16-20-18-30(24-13-7-6-12-21(20)24)15-9-2-1-8-14-28-27(23)34/h6-7,12-13,18-19,22-23H,1-5,8-11,14-17H2,(H,28,34)(H,29,33)(H,31,32)/t22-,23+/m1/s1. The van der Waals surface area contributed by atoms with Gasteiger partial charge in [0.2, 0.25) is 11.8 Å². The lowest BCUT2D eigenvalue weighted by molar-refractivity contribution is -0.143. The number of carboxylic acid groups (broad SMARTS) is 1. The molecule has 4 rings (SSSR count). The van der Waals surface area contributed by atoms with E-state index in [9.17, 15) is 19.5 Å². The van der Waals surface area contributed by atoms with Crippen LogP contribution in [0.4, 0.5) is 0 Å². The van der Waals surface area contributed by atoms with Crippen molar-refractivity contribution in [2.24, 2.45) is 11.8 Å². The molecule has 0 saturated heterocycles. The minimum absolute atomic E-state index is 0.0598. The highest BCUT2D eigenvalue weighted by atomic mass is 16.4. The van der Waals surface area contributed by atoms with Crippen molar-refractivity contribution in [2.45, 2.75) is 83.2 Å². The number of amides is 2. The van der Waals surface area contributed by atoms with Crippen LogP contribution in [0.1, 0.15) is 69.8 Å². The Morgan fingerprint density at radius 3 is 2.59 bits per heavy atom. The highest BCUT2D eigenvalue weighted by Crippen LogP contribution is 2.32. The van der Waals surface area contributed by atoms with Crippen LogP contribution in [0.25, 0.3) is 10.9 Å². The molecule has 1 aromatic heterocycles. The smallest absolute Gasteiger partial charge is 0.304 e. The number of nitrogens with one attached hydrogen (secondary N) is 2. The zero-order valence-electron chi connectivity index (χ0n) is 19.9. The summed E-state index contributed by atoms with van der Waals surface area (Å²) in [6.07, 6.45) is 11.4. The maximum absolute atomic E-state index is 13.4. The van der Waals surface area contributed by atoms with Crippen molar-refractivity contribution in [1.82, 2.24) is 15.2 Å². The number of carboxylic acids is 1. The summed E-state index contributed by atoms with van der Waals surface area (Å²) in [7, 11) is 0. The maximum Gasteiger partial charge on any atom is 0.304 e. The number of carbonyl (C=O) groups excluding carboxylic acids is 2. The molecule has 3 N–H and O–H groups in total. The summed E-state index contributed by atoms with van der Waals surface area (Å²) >= 11 is 0. The first-order valence-corrected chi connectivity index (χ1v) is 12.9. The van der Waals surface area contributed by atoms with E-state index in [0.717, 1.165) is 80.8 Å². The normalized spacial score (nSPS) is 21.5. The number of aromatic nitrogens is 1. The van der Waals surface area contributed by atoms with Gasteiger partial charge in [-0.25, -0.2) is 0 Å². The number of aryl methyl sites for hydroxylation is 1. The molecule has 0 unspecified atom stereocenters. The molecule has 2 aliphatic rings. The first-order valence-electron chi connectivity index (χ1n) is 12.9. The van der Waals surface area contributed by atoms with E-state index in [4.69, 9.17) is 0 Å². The van der Waals surface area contributed by atoms with Gasteiger partial charge in [0, 0.05) is 36.6 Å². The van der Waals surface area contributed by atoms with Crippen LogP contribution in [0.3, 0.4) is 0 Å². The Kier molecular flexibility index (Phi) is 8.25. The Morgan fingerprint density at radius 2 is 1.79 bits per heavy atom. The fourth-order valence-electron chi connectivity index (χ4n) is 5.67. The molecule has 1 aliphatic carbocycles. The minimum Gasteiger partial charge on any atom is -0.481 e. The molecule has 1 aliphatic heterocycles. The molecular weight excluding hydrogens is 430 g/mol. The summed E-state index contributed by atoms with van der Waals surface area (Å²) in [6.45, 7) is 1.52. The zero-order valence-corrected chi connectivity index (χ0v) is 19.9. The van der Waals surface area contributed by atoms with Crippen LogP contribution >= 0.6 is 0 Å². The van der Waals surface area contributed by atoms with Crippen LogP contribution in [0.15, 0.2) is 30.5 Å². The molecule has 2 amide bonds. The number of hydrogen-bond acceptors (Lipinski definition) is 3. The first-order chi connectivity index (χ1) is 16.5. The van der Waals surface area contributed by atoms with Gasteiger partial charge < -0.3 is 20.3 Å². The minimum atomic E-state index is -0.965. The Labute approximate surface area is 201 Å². The van der Waals surface area contributed by atoms with Gasteiger partial charge in [0.05, 0.1) is 12.3 Å². The van der Waals surface area contributed by atoms with Gasteiger partial charge in [-0.1, -0.05) is 50.3 Å². The van der Waals surface area contributed by atoms with Gasteiger partial charge in [-0.05, 0) is 43.2 Å². The van der Waals surface area contributed by atoms with E-state index in [1.165, 1.54) is 0 Å². The fraction of sp³-hybridized carbons (Fsp3) is 0.593. The van der Waals surface area contributed by atoms with E-state index in [1.54, 1.807) is 0 Å². The van der Waals surface area contributed by atoms with E-state index >= 15 is 0 Å². The number of para-hydroxylation sites is 1. The van der Waals surface area contributed by atoms with Gasteiger partial charge in [0.25, 0.3) is 0 Å². The summed E-state index contributed by atoms with van der Waals surface area (Å²) in [6, 6.07) is 7.47. The second kappa shape index (κ2) is 11.5. The van der Waals surface area contributed by atoms with Gasteiger partial charge in [-0.15, -0.1) is 0 Å². The lowest BCUT2D eigenvalue weighted by Crippen LogP contribution is -2.51. The monoisotopic (exact) mass is 467 g/mol. The topological polar surface area (TPSA) is 100 Å². The van der Waals surface area contributed by atoms with E-state index in [0.29, 0.717) is 13.0 Å². The van der Waals surface area contributed by atoms with Crippen LogP contribution in [0.2, 0.25) is 0 Å². The van der Waals surface area contributed by atoms with Crippen molar-refractivity contribution in [3.8, 4) is 0 Å². The average Bonchev–Trinajstić information content (AvgIpc) is 3.19. The summed E-state index contributed by atoms with van der Waals surface area (Å²) in [4.78, 5) is 38.1. The van der Waals surface area contributed by atoms with Gasteiger partial charge in [-0.3, -0.25) is 14.4 Å². The number of hydrogen-bond donors (Lipinski definition) is 3. The molecule has 0 spiro atoms. The Balaban J connectivity index is 1.60. The molecular formula is C27H37N3O4. The molecule has 7 heteroatoms. The van der Waals surface area contributed by atoms with Crippen molar-refractivity contribution < 1.29 is 19.5 Å². The Bertz CT molecular complexity index is 1010. The summed E-state index contributed by atoms with van der Waals surface area (Å²) < 4.78 is 2.26. The SMILES string of the molecule is O=C(O)C[C@@H](C(=O)N[C@H]1Cc2cn(c3ccccc23)CCCCCCNC1=O)C1CCCCC1. The largest absolute Gasteiger partial charge is 0.481 e. The molecule has 2 heterocycles. The average molecular weight is 468 g/mol. The van der Waals surface area contributed by atoms with Crippen LogP contribution in [-0.2, 0) is 27.3 Å². The highest BCUT2D eigenvalue weighted by Gasteiger charge is 2.34.